The maximum atomic E-state index is 13.2. The number of hydrogen-bond acceptors (Lipinski definition) is 4. The van der Waals surface area contributed by atoms with Crippen LogP contribution in [0.3, 0.4) is 0 Å². The molecule has 0 aliphatic heterocycles. The van der Waals surface area contributed by atoms with Crippen LogP contribution in [0.2, 0.25) is 0 Å². The first-order valence-electron chi connectivity index (χ1n) is 10.0. The van der Waals surface area contributed by atoms with Gasteiger partial charge in [-0.2, -0.15) is 0 Å². The molecule has 4 rings (SSSR count). The number of ether oxygens (including phenoxy) is 1. The first-order valence-corrected chi connectivity index (χ1v) is 14.5. The Labute approximate surface area is 196 Å². The van der Waals surface area contributed by atoms with E-state index >= 15 is 0 Å². The Morgan fingerprint density at radius 2 is 1.19 bits per heavy atom. The molecule has 0 amide bonds. The van der Waals surface area contributed by atoms with Gasteiger partial charge in [0.05, 0.1) is 0 Å². The minimum absolute atomic E-state index is 0.168. The van der Waals surface area contributed by atoms with E-state index < -0.39 is 30.4 Å². The summed E-state index contributed by atoms with van der Waals surface area (Å²) in [5.74, 6) is 0.717. The van der Waals surface area contributed by atoms with Crippen LogP contribution in [-0.2, 0) is 19.1 Å². The van der Waals surface area contributed by atoms with Crippen LogP contribution in [0.15, 0.2) is 114 Å². The van der Waals surface area contributed by atoms with Crippen molar-refractivity contribution in [1.82, 2.24) is 0 Å². The third-order valence-electron chi connectivity index (χ3n) is 4.79. The van der Waals surface area contributed by atoms with Gasteiger partial charge in [-0.05, 0) is 0 Å². The van der Waals surface area contributed by atoms with E-state index in [1.54, 1.807) is 19.2 Å². The number of rotatable bonds is 8. The van der Waals surface area contributed by atoms with E-state index in [0.717, 1.165) is 24.9 Å². The van der Waals surface area contributed by atoms with Crippen LogP contribution < -0.4 is 4.74 Å². The van der Waals surface area contributed by atoms with Gasteiger partial charge in [0.2, 0.25) is 0 Å². The van der Waals surface area contributed by atoms with Crippen molar-refractivity contribution in [1.29, 1.82) is 0 Å². The van der Waals surface area contributed by atoms with Gasteiger partial charge in [-0.1, -0.05) is 0 Å². The molecular formula is C26H23IO4S. The third-order valence-corrected chi connectivity index (χ3v) is 12.1. The average molecular weight is 558 g/mol. The molecule has 32 heavy (non-hydrogen) atoms. The van der Waals surface area contributed by atoms with Crippen LogP contribution >= 0.6 is 20.2 Å². The molecule has 0 spiro atoms. The molecule has 0 aliphatic rings. The van der Waals surface area contributed by atoms with Gasteiger partial charge in [0, 0.05) is 0 Å². The van der Waals surface area contributed by atoms with Crippen LogP contribution in [0.5, 0.6) is 5.75 Å². The fourth-order valence-corrected chi connectivity index (χ4v) is 10.1. The zero-order valence-corrected chi connectivity index (χ0v) is 20.5. The van der Waals surface area contributed by atoms with E-state index in [2.05, 4.69) is 12.1 Å². The summed E-state index contributed by atoms with van der Waals surface area (Å²) < 4.78 is 39.3. The molecule has 0 atom stereocenters. The molecule has 0 heterocycles. The molecule has 0 unspecified atom stereocenters. The molecule has 0 radical (unpaired) electrons. The Morgan fingerprint density at radius 1 is 0.656 bits per heavy atom. The van der Waals surface area contributed by atoms with Crippen molar-refractivity contribution in [2.75, 3.05) is 7.11 Å². The summed E-state index contributed by atoms with van der Waals surface area (Å²) in [7, 11) is -2.32. The van der Waals surface area contributed by atoms with Crippen molar-refractivity contribution < 1.29 is 15.7 Å². The molecule has 0 N–H and O–H groups in total. The summed E-state index contributed by atoms with van der Waals surface area (Å²) in [5.41, 5.74) is 2.22. The first kappa shape index (κ1) is 22.5. The summed E-state index contributed by atoms with van der Waals surface area (Å²) >= 11 is -2.71. The molecule has 0 aliphatic carbocycles. The standard InChI is InChI=1S/C26H23IO4S/c1-30-25-16-14-24(15-17-25)27(23-10-6-3-7-11-23)31-32(28,29)26-18-12-22(13-19-26)20-21-8-4-2-5-9-21/h2-19H,20H2,1H3. The van der Waals surface area contributed by atoms with Crippen LogP contribution in [0, 0.1) is 7.14 Å². The Kier molecular flexibility index (Phi) is 7.24. The molecule has 4 aromatic carbocycles. The van der Waals surface area contributed by atoms with Crippen molar-refractivity contribution in [3.63, 3.8) is 0 Å². The molecule has 0 saturated heterocycles. The fourth-order valence-electron chi connectivity index (χ4n) is 3.14. The van der Waals surface area contributed by atoms with Crippen molar-refractivity contribution in [2.24, 2.45) is 0 Å². The molecule has 0 bridgehead atoms. The molecule has 4 aromatic rings. The van der Waals surface area contributed by atoms with Crippen molar-refractivity contribution in [3.05, 3.63) is 127 Å². The number of benzene rings is 4. The summed E-state index contributed by atoms with van der Waals surface area (Å²) in [6.07, 6.45) is 0.746. The van der Waals surface area contributed by atoms with Gasteiger partial charge in [-0.3, -0.25) is 0 Å². The van der Waals surface area contributed by atoms with Crippen LogP contribution in [0.4, 0.5) is 0 Å². The molecule has 0 fully saturated rings. The molecule has 4 nitrogen and oxygen atoms in total. The normalized spacial score (nSPS) is 11.7. The Morgan fingerprint density at radius 3 is 1.78 bits per heavy atom. The van der Waals surface area contributed by atoms with Crippen molar-refractivity contribution >= 4 is 30.4 Å². The van der Waals surface area contributed by atoms with E-state index in [-0.39, 0.29) is 4.90 Å². The molecule has 6 heteroatoms. The zero-order chi connectivity index (χ0) is 22.4. The van der Waals surface area contributed by atoms with Gasteiger partial charge in [0.25, 0.3) is 0 Å². The Bertz CT molecular complexity index is 1240. The molecule has 0 saturated carbocycles. The van der Waals surface area contributed by atoms with E-state index in [4.69, 9.17) is 7.25 Å². The second-order valence-corrected chi connectivity index (χ2v) is 13.5. The Balaban J connectivity index is 1.59. The van der Waals surface area contributed by atoms with Gasteiger partial charge in [-0.25, -0.2) is 0 Å². The average Bonchev–Trinajstić information content (AvgIpc) is 2.84. The van der Waals surface area contributed by atoms with Gasteiger partial charge in [0.15, 0.2) is 0 Å². The second-order valence-electron chi connectivity index (χ2n) is 7.03. The Hall–Kier alpha value is -2.68. The zero-order valence-electron chi connectivity index (χ0n) is 17.5. The molecule has 164 valence electrons. The van der Waals surface area contributed by atoms with E-state index in [1.165, 1.54) is 5.56 Å². The van der Waals surface area contributed by atoms with Gasteiger partial charge in [-0.15, -0.1) is 0 Å². The predicted octanol–water partition coefficient (Wildman–Crippen LogP) is 6.15. The third kappa shape index (κ3) is 5.56. The summed E-state index contributed by atoms with van der Waals surface area (Å²) in [6, 6.07) is 34.0. The number of methoxy groups -OCH3 is 1. The predicted molar refractivity (Wildman–Crippen MR) is 135 cm³/mol. The SMILES string of the molecule is COc1ccc(I(OS(=O)(=O)c2ccc(Cc3ccccc3)cc2)c2ccccc2)cc1. The van der Waals surface area contributed by atoms with Gasteiger partial charge in [0.1, 0.15) is 0 Å². The summed E-state index contributed by atoms with van der Waals surface area (Å²) in [5, 5.41) is 0. The van der Waals surface area contributed by atoms with Gasteiger partial charge >= 0.3 is 198 Å². The number of hydrogen-bond donors (Lipinski definition) is 0. The second kappa shape index (κ2) is 10.3. The van der Waals surface area contributed by atoms with Crippen molar-refractivity contribution in [2.45, 2.75) is 11.3 Å². The molecule has 0 aromatic heterocycles. The van der Waals surface area contributed by atoms with Crippen molar-refractivity contribution in [3.8, 4) is 5.75 Å². The van der Waals surface area contributed by atoms with Crippen LogP contribution in [0.25, 0.3) is 0 Å². The molecular weight excluding hydrogens is 535 g/mol. The van der Waals surface area contributed by atoms with Gasteiger partial charge < -0.3 is 0 Å². The van der Waals surface area contributed by atoms with Crippen LogP contribution in [-0.4, -0.2) is 15.5 Å². The fraction of sp³-hybridized carbons (Fsp3) is 0.0769. The number of halogens is 1. The first-order chi connectivity index (χ1) is 15.5. The monoisotopic (exact) mass is 558 g/mol. The summed E-state index contributed by atoms with van der Waals surface area (Å²) in [4.78, 5) is 0.168. The quantitative estimate of drug-likeness (QED) is 0.244. The maximum absolute atomic E-state index is 13.2. The summed E-state index contributed by atoms with van der Waals surface area (Å²) in [6.45, 7) is 0. The topological polar surface area (TPSA) is 52.6 Å². The van der Waals surface area contributed by atoms with E-state index in [9.17, 15) is 8.42 Å². The minimum atomic E-state index is -3.92. The van der Waals surface area contributed by atoms with E-state index in [0.29, 0.717) is 0 Å². The van der Waals surface area contributed by atoms with Crippen LogP contribution in [0.1, 0.15) is 11.1 Å². The van der Waals surface area contributed by atoms with E-state index in [1.807, 2.05) is 84.9 Å².